The molecule has 0 radical (unpaired) electrons. The first-order valence-corrected chi connectivity index (χ1v) is 2.99. The van der Waals surface area contributed by atoms with Gasteiger partial charge < -0.3 is 14.6 Å². The molecule has 0 spiro atoms. The Kier molecular flexibility index (Phi) is 3.99. The normalized spacial score (nSPS) is 13.3. The molecule has 0 saturated carbocycles. The van der Waals surface area contributed by atoms with Crippen LogP contribution in [0.5, 0.6) is 0 Å². The summed E-state index contributed by atoms with van der Waals surface area (Å²) in [5.41, 5.74) is 0. The van der Waals surface area contributed by atoms with Crippen LogP contribution in [-0.4, -0.2) is 30.6 Å². The zero-order valence-electron chi connectivity index (χ0n) is 6.33. The molecular weight excluding hydrogens is 136 g/mol. The molecule has 0 aliphatic rings. The van der Waals surface area contributed by atoms with Gasteiger partial charge in [-0.2, -0.15) is 0 Å². The van der Waals surface area contributed by atoms with Crippen molar-refractivity contribution >= 4 is 5.97 Å². The first-order chi connectivity index (χ1) is 4.57. The van der Waals surface area contributed by atoms with Crippen molar-refractivity contribution in [1.82, 2.24) is 0 Å². The molecule has 60 valence electrons. The number of methoxy groups -OCH3 is 1. The molecule has 0 amide bonds. The number of hydrogen-bond donors (Lipinski definition) is 1. The van der Waals surface area contributed by atoms with E-state index in [1.54, 1.807) is 13.8 Å². The fourth-order valence-electron chi connectivity index (χ4n) is 0.414. The molecule has 10 heavy (non-hydrogen) atoms. The molecule has 0 bridgehead atoms. The van der Waals surface area contributed by atoms with Gasteiger partial charge in [0, 0.05) is 0 Å². The molecule has 1 atom stereocenters. The highest BCUT2D eigenvalue weighted by Crippen LogP contribution is 1.95. The number of carbonyl (C=O) groups excluding carboxylic acids is 1. The van der Waals surface area contributed by atoms with E-state index in [0.29, 0.717) is 0 Å². The average Bonchev–Trinajstić information content (AvgIpc) is 1.85. The van der Waals surface area contributed by atoms with Gasteiger partial charge >= 0.3 is 5.97 Å². The molecule has 0 fully saturated rings. The molecule has 4 heteroatoms. The number of rotatable bonds is 3. The largest absolute Gasteiger partial charge is 0.465 e. The van der Waals surface area contributed by atoms with Crippen molar-refractivity contribution in [3.8, 4) is 0 Å². The Morgan fingerprint density at radius 1 is 1.50 bits per heavy atom. The molecule has 0 saturated heterocycles. The summed E-state index contributed by atoms with van der Waals surface area (Å²) >= 11 is 0. The lowest BCUT2D eigenvalue weighted by atomic mass is 10.5. The third kappa shape index (κ3) is 3.42. The Morgan fingerprint density at radius 3 is 2.30 bits per heavy atom. The number of aliphatic hydroxyl groups excluding tert-OH is 1. The van der Waals surface area contributed by atoms with Crippen LogP contribution < -0.4 is 0 Å². The summed E-state index contributed by atoms with van der Waals surface area (Å²) in [6.45, 7) is 3.43. The molecule has 0 aromatic carbocycles. The predicted octanol–water partition coefficient (Wildman–Crippen LogP) is -0.0972. The monoisotopic (exact) mass is 148 g/mol. The van der Waals surface area contributed by atoms with E-state index >= 15 is 0 Å². The van der Waals surface area contributed by atoms with Crippen LogP contribution >= 0.6 is 0 Å². The fraction of sp³-hybridized carbons (Fsp3) is 0.833. The van der Waals surface area contributed by atoms with Gasteiger partial charge in [-0.05, 0) is 13.8 Å². The van der Waals surface area contributed by atoms with Crippen molar-refractivity contribution in [2.24, 2.45) is 0 Å². The first-order valence-electron chi connectivity index (χ1n) is 2.99. The van der Waals surface area contributed by atoms with Crippen molar-refractivity contribution in [3.05, 3.63) is 0 Å². The number of hydrogen-bond acceptors (Lipinski definition) is 4. The van der Waals surface area contributed by atoms with E-state index in [-0.39, 0.29) is 6.10 Å². The Labute approximate surface area is 59.7 Å². The van der Waals surface area contributed by atoms with Gasteiger partial charge in [-0.1, -0.05) is 0 Å². The number of ether oxygens (including phenoxy) is 2. The first kappa shape index (κ1) is 9.39. The van der Waals surface area contributed by atoms with E-state index in [1.807, 2.05) is 0 Å². The molecule has 0 aliphatic carbocycles. The highest BCUT2D eigenvalue weighted by Gasteiger charge is 2.16. The maximum atomic E-state index is 10.5. The lowest BCUT2D eigenvalue weighted by Gasteiger charge is -2.11. The zero-order valence-corrected chi connectivity index (χ0v) is 6.33. The third-order valence-corrected chi connectivity index (χ3v) is 0.804. The Morgan fingerprint density at radius 2 is 2.00 bits per heavy atom. The SMILES string of the molecule is COC(=O)C(O)OC(C)C. The van der Waals surface area contributed by atoms with Gasteiger partial charge in [0.2, 0.25) is 0 Å². The van der Waals surface area contributed by atoms with E-state index < -0.39 is 12.3 Å². The maximum Gasteiger partial charge on any atom is 0.363 e. The molecule has 0 rings (SSSR count). The minimum Gasteiger partial charge on any atom is -0.465 e. The number of carbonyl (C=O) groups is 1. The smallest absolute Gasteiger partial charge is 0.363 e. The van der Waals surface area contributed by atoms with Crippen molar-refractivity contribution < 1.29 is 19.4 Å². The van der Waals surface area contributed by atoms with Crippen molar-refractivity contribution in [2.45, 2.75) is 26.2 Å². The van der Waals surface area contributed by atoms with Crippen LogP contribution in [0.4, 0.5) is 0 Å². The summed E-state index contributed by atoms with van der Waals surface area (Å²) in [7, 11) is 1.19. The summed E-state index contributed by atoms with van der Waals surface area (Å²) < 4.78 is 8.88. The van der Waals surface area contributed by atoms with Gasteiger partial charge in [0.15, 0.2) is 0 Å². The van der Waals surface area contributed by atoms with Crippen LogP contribution in [0.2, 0.25) is 0 Å². The Bertz CT molecular complexity index is 110. The second kappa shape index (κ2) is 4.24. The standard InChI is InChI=1S/C6H12O4/c1-4(2)10-6(8)5(7)9-3/h4,6,8H,1-3H3. The summed E-state index contributed by atoms with van der Waals surface area (Å²) in [4.78, 5) is 10.5. The molecule has 0 heterocycles. The fourth-order valence-corrected chi connectivity index (χ4v) is 0.414. The van der Waals surface area contributed by atoms with E-state index in [1.165, 1.54) is 7.11 Å². The van der Waals surface area contributed by atoms with Crippen LogP contribution in [0.3, 0.4) is 0 Å². The van der Waals surface area contributed by atoms with Crippen LogP contribution in [0.1, 0.15) is 13.8 Å². The quantitative estimate of drug-likeness (QED) is 0.448. The van der Waals surface area contributed by atoms with Crippen LogP contribution in [0, 0.1) is 0 Å². The highest BCUT2D eigenvalue weighted by atomic mass is 16.7. The minimum absolute atomic E-state index is 0.186. The molecule has 1 unspecified atom stereocenters. The third-order valence-electron chi connectivity index (χ3n) is 0.804. The molecule has 4 nitrogen and oxygen atoms in total. The van der Waals surface area contributed by atoms with Gasteiger partial charge in [0.1, 0.15) is 0 Å². The van der Waals surface area contributed by atoms with E-state index in [9.17, 15) is 4.79 Å². The second-order valence-corrected chi connectivity index (χ2v) is 2.06. The summed E-state index contributed by atoms with van der Waals surface area (Å²) in [6, 6.07) is 0. The Balaban J connectivity index is 3.61. The molecule has 0 aromatic rings. The van der Waals surface area contributed by atoms with E-state index in [0.717, 1.165) is 0 Å². The number of esters is 1. The summed E-state index contributed by atoms with van der Waals surface area (Å²) in [6.07, 6.45) is -1.64. The van der Waals surface area contributed by atoms with Crippen LogP contribution in [-0.2, 0) is 14.3 Å². The zero-order chi connectivity index (χ0) is 8.15. The lowest BCUT2D eigenvalue weighted by molar-refractivity contribution is -0.186. The highest BCUT2D eigenvalue weighted by molar-refractivity contribution is 5.72. The summed E-state index contributed by atoms with van der Waals surface area (Å²) in [5, 5.41) is 8.79. The lowest BCUT2D eigenvalue weighted by Crippen LogP contribution is -2.27. The Hall–Kier alpha value is -0.610. The van der Waals surface area contributed by atoms with Gasteiger partial charge in [-0.3, -0.25) is 0 Å². The summed E-state index contributed by atoms with van der Waals surface area (Å²) in [5.74, 6) is -0.770. The van der Waals surface area contributed by atoms with Crippen LogP contribution in [0.15, 0.2) is 0 Å². The second-order valence-electron chi connectivity index (χ2n) is 2.06. The maximum absolute atomic E-state index is 10.5. The molecular formula is C6H12O4. The average molecular weight is 148 g/mol. The van der Waals surface area contributed by atoms with E-state index in [2.05, 4.69) is 9.47 Å². The van der Waals surface area contributed by atoms with Crippen molar-refractivity contribution in [2.75, 3.05) is 7.11 Å². The van der Waals surface area contributed by atoms with Gasteiger partial charge in [0.05, 0.1) is 13.2 Å². The molecule has 1 N–H and O–H groups in total. The molecule has 0 aliphatic heterocycles. The van der Waals surface area contributed by atoms with Gasteiger partial charge in [-0.25, -0.2) is 4.79 Å². The topological polar surface area (TPSA) is 55.8 Å². The van der Waals surface area contributed by atoms with Gasteiger partial charge in [-0.15, -0.1) is 0 Å². The van der Waals surface area contributed by atoms with Crippen molar-refractivity contribution in [3.63, 3.8) is 0 Å². The predicted molar refractivity (Wildman–Crippen MR) is 34.2 cm³/mol. The minimum atomic E-state index is -1.45. The van der Waals surface area contributed by atoms with Crippen molar-refractivity contribution in [1.29, 1.82) is 0 Å². The number of aliphatic hydroxyl groups is 1. The molecule has 0 aromatic heterocycles. The van der Waals surface area contributed by atoms with E-state index in [4.69, 9.17) is 5.11 Å². The van der Waals surface area contributed by atoms with Crippen LogP contribution in [0.25, 0.3) is 0 Å². The van der Waals surface area contributed by atoms with Gasteiger partial charge in [0.25, 0.3) is 6.29 Å².